The standard InChI is InChI=1S/C22H24N2O4S/c1-15(28-20-7-5-4-6-19(20)27-3)21(25)23-13-12-17-14-29-22(24-17)16-8-10-18(26-2)11-9-16/h4-11,14-15H,12-13H2,1-3H3,(H,23,25)/t15-/m1/s1. The fraction of sp³-hybridized carbons (Fsp3) is 0.273. The number of methoxy groups -OCH3 is 2. The van der Waals surface area contributed by atoms with E-state index < -0.39 is 6.10 Å². The molecule has 0 unspecified atom stereocenters. The summed E-state index contributed by atoms with van der Waals surface area (Å²) in [6, 6.07) is 15.1. The number of ether oxygens (including phenoxy) is 3. The predicted octanol–water partition coefficient (Wildman–Crippen LogP) is 3.95. The molecule has 0 bridgehead atoms. The summed E-state index contributed by atoms with van der Waals surface area (Å²) in [5.41, 5.74) is 1.99. The highest BCUT2D eigenvalue weighted by atomic mass is 32.1. The van der Waals surface area contributed by atoms with Crippen molar-refractivity contribution in [2.75, 3.05) is 20.8 Å². The van der Waals surface area contributed by atoms with Crippen molar-refractivity contribution in [1.82, 2.24) is 10.3 Å². The van der Waals surface area contributed by atoms with Gasteiger partial charge in [-0.1, -0.05) is 12.1 Å². The maximum absolute atomic E-state index is 12.3. The number of amides is 1. The molecule has 29 heavy (non-hydrogen) atoms. The third kappa shape index (κ3) is 5.48. The van der Waals surface area contributed by atoms with Crippen LogP contribution >= 0.6 is 11.3 Å². The summed E-state index contributed by atoms with van der Waals surface area (Å²) in [5, 5.41) is 5.86. The lowest BCUT2D eigenvalue weighted by molar-refractivity contribution is -0.127. The van der Waals surface area contributed by atoms with Gasteiger partial charge in [-0.3, -0.25) is 4.79 Å². The van der Waals surface area contributed by atoms with E-state index in [4.69, 9.17) is 14.2 Å². The predicted molar refractivity (Wildman–Crippen MR) is 114 cm³/mol. The van der Waals surface area contributed by atoms with Gasteiger partial charge in [0, 0.05) is 23.9 Å². The lowest BCUT2D eigenvalue weighted by Crippen LogP contribution is -2.37. The van der Waals surface area contributed by atoms with Crippen molar-refractivity contribution in [2.45, 2.75) is 19.4 Å². The average Bonchev–Trinajstić information content (AvgIpc) is 3.23. The maximum atomic E-state index is 12.3. The van der Waals surface area contributed by atoms with Gasteiger partial charge in [-0.25, -0.2) is 4.98 Å². The Kier molecular flexibility index (Phi) is 7.08. The Morgan fingerprint density at radius 1 is 1.07 bits per heavy atom. The van der Waals surface area contributed by atoms with Gasteiger partial charge < -0.3 is 19.5 Å². The highest BCUT2D eigenvalue weighted by Gasteiger charge is 2.16. The number of para-hydroxylation sites is 2. The van der Waals surface area contributed by atoms with Crippen LogP contribution in [0.4, 0.5) is 0 Å². The number of nitrogens with one attached hydrogen (secondary N) is 1. The van der Waals surface area contributed by atoms with Gasteiger partial charge in [0.05, 0.1) is 19.9 Å². The molecule has 0 saturated heterocycles. The van der Waals surface area contributed by atoms with Crippen molar-refractivity contribution < 1.29 is 19.0 Å². The number of hydrogen-bond donors (Lipinski definition) is 1. The monoisotopic (exact) mass is 412 g/mol. The lowest BCUT2D eigenvalue weighted by atomic mass is 10.2. The molecule has 1 aromatic heterocycles. The average molecular weight is 413 g/mol. The molecule has 2 aromatic carbocycles. The first-order valence-corrected chi connectivity index (χ1v) is 10.1. The number of hydrogen-bond acceptors (Lipinski definition) is 6. The van der Waals surface area contributed by atoms with Crippen LogP contribution in [0, 0.1) is 0 Å². The van der Waals surface area contributed by atoms with Crippen molar-refractivity contribution in [1.29, 1.82) is 0 Å². The minimum atomic E-state index is -0.628. The molecule has 0 radical (unpaired) electrons. The van der Waals surface area contributed by atoms with Gasteiger partial charge in [0.15, 0.2) is 17.6 Å². The summed E-state index contributed by atoms with van der Waals surface area (Å²) >= 11 is 1.58. The molecular formula is C22H24N2O4S. The highest BCUT2D eigenvalue weighted by molar-refractivity contribution is 7.13. The van der Waals surface area contributed by atoms with Crippen molar-refractivity contribution in [3.8, 4) is 27.8 Å². The van der Waals surface area contributed by atoms with Gasteiger partial charge >= 0.3 is 0 Å². The minimum Gasteiger partial charge on any atom is -0.497 e. The molecule has 0 saturated carbocycles. The molecule has 0 aliphatic carbocycles. The molecule has 0 aliphatic rings. The molecule has 0 spiro atoms. The van der Waals surface area contributed by atoms with E-state index in [0.29, 0.717) is 24.5 Å². The number of carbonyl (C=O) groups is 1. The molecule has 6 nitrogen and oxygen atoms in total. The zero-order valence-electron chi connectivity index (χ0n) is 16.7. The Labute approximate surface area is 174 Å². The van der Waals surface area contributed by atoms with Crippen LogP contribution in [-0.2, 0) is 11.2 Å². The van der Waals surface area contributed by atoms with E-state index in [9.17, 15) is 4.79 Å². The van der Waals surface area contributed by atoms with Crippen LogP contribution in [0.5, 0.6) is 17.2 Å². The topological polar surface area (TPSA) is 69.7 Å². The van der Waals surface area contributed by atoms with Crippen LogP contribution in [0.15, 0.2) is 53.9 Å². The Morgan fingerprint density at radius 3 is 2.48 bits per heavy atom. The number of thiazole rings is 1. The zero-order valence-corrected chi connectivity index (χ0v) is 17.5. The number of aromatic nitrogens is 1. The zero-order chi connectivity index (χ0) is 20.6. The van der Waals surface area contributed by atoms with E-state index in [2.05, 4.69) is 10.3 Å². The van der Waals surface area contributed by atoms with Crippen molar-refractivity contribution >= 4 is 17.2 Å². The number of benzene rings is 2. The first-order chi connectivity index (χ1) is 14.1. The molecule has 1 amide bonds. The van der Waals surface area contributed by atoms with Crippen LogP contribution in [-0.4, -0.2) is 37.8 Å². The third-order valence-electron chi connectivity index (χ3n) is 4.31. The molecule has 7 heteroatoms. The number of nitrogens with zero attached hydrogens (tertiary/aromatic N) is 1. The Hall–Kier alpha value is -3.06. The van der Waals surface area contributed by atoms with Crippen LogP contribution in [0.3, 0.4) is 0 Å². The fourth-order valence-corrected chi connectivity index (χ4v) is 3.57. The first kappa shape index (κ1) is 20.7. The molecule has 0 aliphatic heterocycles. The second-order valence-electron chi connectivity index (χ2n) is 6.32. The summed E-state index contributed by atoms with van der Waals surface area (Å²) in [7, 11) is 3.22. The summed E-state index contributed by atoms with van der Waals surface area (Å²) in [5.74, 6) is 1.78. The van der Waals surface area contributed by atoms with Gasteiger partial charge in [0.2, 0.25) is 0 Å². The Morgan fingerprint density at radius 2 is 1.79 bits per heavy atom. The molecule has 3 aromatic rings. The van der Waals surface area contributed by atoms with Gasteiger partial charge in [-0.15, -0.1) is 11.3 Å². The van der Waals surface area contributed by atoms with E-state index in [0.717, 1.165) is 22.0 Å². The third-order valence-corrected chi connectivity index (χ3v) is 5.25. The summed E-state index contributed by atoms with van der Waals surface area (Å²) < 4.78 is 16.1. The number of rotatable bonds is 9. The van der Waals surface area contributed by atoms with Gasteiger partial charge in [0.1, 0.15) is 10.8 Å². The fourth-order valence-electron chi connectivity index (χ4n) is 2.71. The molecule has 1 atom stereocenters. The van der Waals surface area contributed by atoms with E-state index in [1.54, 1.807) is 44.6 Å². The molecule has 1 heterocycles. The van der Waals surface area contributed by atoms with E-state index >= 15 is 0 Å². The lowest BCUT2D eigenvalue weighted by Gasteiger charge is -2.16. The SMILES string of the molecule is COc1ccc(-c2nc(CCNC(=O)[C@@H](C)Oc3ccccc3OC)cs2)cc1. The first-order valence-electron chi connectivity index (χ1n) is 9.27. The van der Waals surface area contributed by atoms with Gasteiger partial charge in [0.25, 0.3) is 5.91 Å². The smallest absolute Gasteiger partial charge is 0.260 e. The van der Waals surface area contributed by atoms with Gasteiger partial charge in [-0.2, -0.15) is 0 Å². The van der Waals surface area contributed by atoms with Crippen molar-refractivity contribution in [2.24, 2.45) is 0 Å². The summed E-state index contributed by atoms with van der Waals surface area (Å²) in [6.07, 6.45) is 0.0244. The molecule has 0 fully saturated rings. The largest absolute Gasteiger partial charge is 0.497 e. The van der Waals surface area contributed by atoms with E-state index in [1.165, 1.54) is 0 Å². The minimum absolute atomic E-state index is 0.179. The van der Waals surface area contributed by atoms with E-state index in [-0.39, 0.29) is 5.91 Å². The highest BCUT2D eigenvalue weighted by Crippen LogP contribution is 2.27. The van der Waals surface area contributed by atoms with Gasteiger partial charge in [-0.05, 0) is 43.3 Å². The number of carbonyl (C=O) groups excluding carboxylic acids is 1. The van der Waals surface area contributed by atoms with Crippen LogP contribution in [0.2, 0.25) is 0 Å². The Balaban J connectivity index is 1.49. The molecule has 3 rings (SSSR count). The quantitative estimate of drug-likeness (QED) is 0.576. The maximum Gasteiger partial charge on any atom is 0.260 e. The summed E-state index contributed by atoms with van der Waals surface area (Å²) in [6.45, 7) is 2.21. The van der Waals surface area contributed by atoms with Crippen LogP contribution < -0.4 is 19.5 Å². The normalized spacial score (nSPS) is 11.6. The Bertz CT molecular complexity index is 940. The second-order valence-corrected chi connectivity index (χ2v) is 7.18. The molecular weight excluding hydrogens is 388 g/mol. The van der Waals surface area contributed by atoms with Crippen LogP contribution in [0.25, 0.3) is 10.6 Å². The van der Waals surface area contributed by atoms with E-state index in [1.807, 2.05) is 41.8 Å². The van der Waals surface area contributed by atoms with Crippen molar-refractivity contribution in [3.63, 3.8) is 0 Å². The molecule has 152 valence electrons. The van der Waals surface area contributed by atoms with Crippen LogP contribution in [0.1, 0.15) is 12.6 Å². The summed E-state index contributed by atoms with van der Waals surface area (Å²) in [4.78, 5) is 17.0. The van der Waals surface area contributed by atoms with Crippen molar-refractivity contribution in [3.05, 3.63) is 59.6 Å². The second kappa shape index (κ2) is 9.93. The molecule has 1 N–H and O–H groups in total.